The smallest absolute Gasteiger partial charge is 0.325 e. The molecule has 2 aliphatic rings. The topological polar surface area (TPSA) is 93.2 Å². The number of morpholine rings is 1. The molecular formula is C19H26N2O6S. The summed E-state index contributed by atoms with van der Waals surface area (Å²) >= 11 is 0. The van der Waals surface area contributed by atoms with Crippen molar-refractivity contribution in [2.45, 2.75) is 43.2 Å². The predicted molar refractivity (Wildman–Crippen MR) is 101 cm³/mol. The van der Waals surface area contributed by atoms with Gasteiger partial charge in [-0.15, -0.1) is 0 Å². The van der Waals surface area contributed by atoms with E-state index in [1.54, 1.807) is 23.1 Å². The zero-order valence-electron chi connectivity index (χ0n) is 16.0. The monoisotopic (exact) mass is 410 g/mol. The van der Waals surface area contributed by atoms with E-state index in [4.69, 9.17) is 9.47 Å². The molecule has 0 saturated carbocycles. The molecule has 0 aromatic heterocycles. The number of hydrogen-bond donors (Lipinski definition) is 0. The van der Waals surface area contributed by atoms with Crippen LogP contribution in [0, 0.1) is 0 Å². The summed E-state index contributed by atoms with van der Waals surface area (Å²) in [5.74, 6) is -0.960. The van der Waals surface area contributed by atoms with Gasteiger partial charge in [0, 0.05) is 19.6 Å². The quantitative estimate of drug-likeness (QED) is 0.673. The number of esters is 1. The van der Waals surface area contributed by atoms with E-state index in [-0.39, 0.29) is 17.3 Å². The van der Waals surface area contributed by atoms with Crippen LogP contribution in [0.3, 0.4) is 0 Å². The van der Waals surface area contributed by atoms with Gasteiger partial charge in [-0.05, 0) is 38.3 Å². The Labute approximate surface area is 165 Å². The summed E-state index contributed by atoms with van der Waals surface area (Å²) in [5, 5.41) is 0. The number of piperidine rings is 1. The Bertz CT molecular complexity index is 792. The van der Waals surface area contributed by atoms with E-state index >= 15 is 0 Å². The van der Waals surface area contributed by atoms with Gasteiger partial charge in [-0.1, -0.05) is 18.2 Å². The molecule has 0 aliphatic carbocycles. The van der Waals surface area contributed by atoms with Crippen LogP contribution in [0.4, 0.5) is 0 Å². The number of nitrogens with zero attached hydrogens (tertiary/aromatic N) is 2. The molecule has 2 aliphatic heterocycles. The van der Waals surface area contributed by atoms with Crippen LogP contribution in [0.25, 0.3) is 0 Å². The van der Waals surface area contributed by atoms with E-state index in [0.29, 0.717) is 39.1 Å². The Morgan fingerprint density at radius 3 is 2.46 bits per heavy atom. The summed E-state index contributed by atoms with van der Waals surface area (Å²) in [7, 11) is -3.81. The van der Waals surface area contributed by atoms with Crippen molar-refractivity contribution in [3.8, 4) is 0 Å². The van der Waals surface area contributed by atoms with E-state index < -0.39 is 28.1 Å². The maximum atomic E-state index is 13.0. The molecule has 28 heavy (non-hydrogen) atoms. The van der Waals surface area contributed by atoms with Gasteiger partial charge in [0.15, 0.2) is 6.10 Å². The van der Waals surface area contributed by atoms with E-state index in [9.17, 15) is 18.0 Å². The van der Waals surface area contributed by atoms with Crippen molar-refractivity contribution in [2.75, 3.05) is 32.8 Å². The Kier molecular flexibility index (Phi) is 6.69. The van der Waals surface area contributed by atoms with Gasteiger partial charge in [-0.25, -0.2) is 8.42 Å². The molecule has 154 valence electrons. The van der Waals surface area contributed by atoms with Crippen LogP contribution in [0.1, 0.15) is 26.2 Å². The number of amides is 1. The Hall–Kier alpha value is -1.97. The number of carbonyl (C=O) groups excluding carboxylic acids is 2. The first-order valence-corrected chi connectivity index (χ1v) is 11.0. The summed E-state index contributed by atoms with van der Waals surface area (Å²) in [4.78, 5) is 27.0. The number of ether oxygens (including phenoxy) is 2. The Balaban J connectivity index is 1.71. The predicted octanol–water partition coefficient (Wildman–Crippen LogP) is 1.02. The van der Waals surface area contributed by atoms with Crippen LogP contribution >= 0.6 is 0 Å². The highest BCUT2D eigenvalue weighted by Crippen LogP contribution is 2.26. The summed E-state index contributed by atoms with van der Waals surface area (Å²) in [6.45, 7) is 3.60. The second-order valence-corrected chi connectivity index (χ2v) is 8.85. The van der Waals surface area contributed by atoms with Crippen molar-refractivity contribution in [3.63, 3.8) is 0 Å². The molecule has 2 heterocycles. The maximum absolute atomic E-state index is 13.0. The molecule has 0 spiro atoms. The fourth-order valence-corrected chi connectivity index (χ4v) is 5.17. The van der Waals surface area contributed by atoms with Crippen molar-refractivity contribution in [1.29, 1.82) is 0 Å². The van der Waals surface area contributed by atoms with Gasteiger partial charge in [0.1, 0.15) is 6.04 Å². The highest BCUT2D eigenvalue weighted by Gasteiger charge is 2.39. The van der Waals surface area contributed by atoms with Crippen LogP contribution in [0.5, 0.6) is 0 Å². The molecule has 2 saturated heterocycles. The second kappa shape index (κ2) is 9.02. The fraction of sp³-hybridized carbons (Fsp3) is 0.579. The molecule has 8 nitrogen and oxygen atoms in total. The molecule has 1 aromatic carbocycles. The number of benzene rings is 1. The van der Waals surface area contributed by atoms with Crippen LogP contribution in [-0.2, 0) is 29.1 Å². The minimum atomic E-state index is -3.81. The first-order valence-electron chi connectivity index (χ1n) is 9.55. The van der Waals surface area contributed by atoms with E-state index in [2.05, 4.69) is 0 Å². The average molecular weight is 410 g/mol. The Morgan fingerprint density at radius 1 is 1.11 bits per heavy atom. The summed E-state index contributed by atoms with van der Waals surface area (Å²) in [6, 6.07) is 7.13. The van der Waals surface area contributed by atoms with Crippen molar-refractivity contribution in [1.82, 2.24) is 9.21 Å². The lowest BCUT2D eigenvalue weighted by molar-refractivity contribution is -0.164. The molecule has 2 atom stereocenters. The molecule has 0 radical (unpaired) electrons. The van der Waals surface area contributed by atoms with Gasteiger partial charge in [-0.3, -0.25) is 9.59 Å². The van der Waals surface area contributed by atoms with Crippen LogP contribution < -0.4 is 0 Å². The van der Waals surface area contributed by atoms with E-state index in [1.807, 2.05) is 0 Å². The molecule has 3 rings (SSSR count). The normalized spacial score (nSPS) is 22.5. The maximum Gasteiger partial charge on any atom is 0.325 e. The van der Waals surface area contributed by atoms with Crippen molar-refractivity contribution in [2.24, 2.45) is 0 Å². The third-order valence-corrected chi connectivity index (χ3v) is 6.96. The van der Waals surface area contributed by atoms with Gasteiger partial charge in [0.05, 0.1) is 18.1 Å². The third-order valence-electron chi connectivity index (χ3n) is 5.04. The third kappa shape index (κ3) is 4.53. The number of rotatable bonds is 5. The average Bonchev–Trinajstić information content (AvgIpc) is 2.74. The SMILES string of the molecule is C[C@@H](OC(=O)[C@@H]1CCCCN1S(=O)(=O)c1ccccc1)C(=O)N1CCOCC1. The number of hydrogen-bond acceptors (Lipinski definition) is 6. The largest absolute Gasteiger partial charge is 0.451 e. The van der Waals surface area contributed by atoms with Gasteiger partial charge >= 0.3 is 5.97 Å². The van der Waals surface area contributed by atoms with Gasteiger partial charge in [0.25, 0.3) is 5.91 Å². The van der Waals surface area contributed by atoms with Gasteiger partial charge in [0.2, 0.25) is 10.0 Å². The minimum absolute atomic E-state index is 0.146. The molecule has 1 aromatic rings. The van der Waals surface area contributed by atoms with Gasteiger partial charge < -0.3 is 14.4 Å². The van der Waals surface area contributed by atoms with E-state index in [1.165, 1.54) is 23.4 Å². The highest BCUT2D eigenvalue weighted by atomic mass is 32.2. The number of carbonyl (C=O) groups is 2. The summed E-state index contributed by atoms with van der Waals surface area (Å²) in [6.07, 6.45) is 0.821. The summed E-state index contributed by atoms with van der Waals surface area (Å²) in [5.41, 5.74) is 0. The lowest BCUT2D eigenvalue weighted by Gasteiger charge is -2.34. The standard InChI is InChI=1S/C19H26N2O6S/c1-15(18(22)20-11-13-26-14-12-20)27-19(23)17-9-5-6-10-21(17)28(24,25)16-7-3-2-4-8-16/h2-4,7-8,15,17H,5-6,9-14H2,1H3/t15-,17+/m1/s1. The fourth-order valence-electron chi connectivity index (χ4n) is 3.50. The van der Waals surface area contributed by atoms with Crippen LogP contribution in [0.15, 0.2) is 35.2 Å². The lowest BCUT2D eigenvalue weighted by Crippen LogP contribution is -2.51. The first-order chi connectivity index (χ1) is 13.4. The Morgan fingerprint density at radius 2 is 1.79 bits per heavy atom. The second-order valence-electron chi connectivity index (χ2n) is 6.96. The molecule has 2 fully saturated rings. The zero-order chi connectivity index (χ0) is 20.1. The lowest BCUT2D eigenvalue weighted by atomic mass is 10.1. The number of sulfonamides is 1. The molecule has 1 amide bonds. The molecule has 0 unspecified atom stereocenters. The molecule has 0 bridgehead atoms. The zero-order valence-corrected chi connectivity index (χ0v) is 16.8. The first kappa shape index (κ1) is 20.8. The molecule has 9 heteroatoms. The van der Waals surface area contributed by atoms with Crippen molar-refractivity contribution in [3.05, 3.63) is 30.3 Å². The van der Waals surface area contributed by atoms with E-state index in [0.717, 1.165) is 6.42 Å². The summed E-state index contributed by atoms with van der Waals surface area (Å²) < 4.78 is 37.8. The van der Waals surface area contributed by atoms with Crippen LogP contribution in [-0.4, -0.2) is 74.5 Å². The molecule has 0 N–H and O–H groups in total. The molecular weight excluding hydrogens is 384 g/mol. The van der Waals surface area contributed by atoms with Crippen LogP contribution in [0.2, 0.25) is 0 Å². The van der Waals surface area contributed by atoms with Gasteiger partial charge in [-0.2, -0.15) is 4.31 Å². The van der Waals surface area contributed by atoms with Crippen molar-refractivity contribution >= 4 is 21.9 Å². The highest BCUT2D eigenvalue weighted by molar-refractivity contribution is 7.89. The van der Waals surface area contributed by atoms with Crippen molar-refractivity contribution < 1.29 is 27.5 Å². The minimum Gasteiger partial charge on any atom is -0.451 e.